The molecule has 0 spiro atoms. The van der Waals surface area contributed by atoms with Gasteiger partial charge in [-0.25, -0.2) is 4.98 Å². The SMILES string of the molecule is C=CCCCCC[C@H](C)NC(=O)c1cnc(C)cn1. The molecule has 1 amide bonds. The molecule has 0 aliphatic rings. The van der Waals surface area contributed by atoms with Crippen LogP contribution in [0.25, 0.3) is 0 Å². The average molecular weight is 261 g/mol. The second-order valence-corrected chi connectivity index (χ2v) is 4.84. The van der Waals surface area contributed by atoms with Crippen LogP contribution < -0.4 is 5.32 Å². The van der Waals surface area contributed by atoms with Crippen molar-refractivity contribution in [1.82, 2.24) is 15.3 Å². The first-order valence-electron chi connectivity index (χ1n) is 6.84. The predicted octanol–water partition coefficient (Wildman–Crippen LogP) is 3.04. The molecule has 4 nitrogen and oxygen atoms in total. The Balaban J connectivity index is 2.27. The fourth-order valence-electron chi connectivity index (χ4n) is 1.80. The minimum atomic E-state index is -0.147. The van der Waals surface area contributed by atoms with Crippen molar-refractivity contribution in [1.29, 1.82) is 0 Å². The van der Waals surface area contributed by atoms with Crippen molar-refractivity contribution in [3.63, 3.8) is 0 Å². The third kappa shape index (κ3) is 6.13. The van der Waals surface area contributed by atoms with Crippen LogP contribution in [0.3, 0.4) is 0 Å². The average Bonchev–Trinajstić information content (AvgIpc) is 2.39. The topological polar surface area (TPSA) is 54.9 Å². The highest BCUT2D eigenvalue weighted by molar-refractivity contribution is 5.92. The van der Waals surface area contributed by atoms with E-state index in [0.29, 0.717) is 5.69 Å². The molecule has 0 aliphatic heterocycles. The lowest BCUT2D eigenvalue weighted by molar-refractivity contribution is 0.0932. The van der Waals surface area contributed by atoms with Crippen molar-refractivity contribution in [2.75, 3.05) is 0 Å². The number of aryl methyl sites for hydroxylation is 1. The van der Waals surface area contributed by atoms with Crippen LogP contribution in [-0.2, 0) is 0 Å². The summed E-state index contributed by atoms with van der Waals surface area (Å²) >= 11 is 0. The van der Waals surface area contributed by atoms with Gasteiger partial charge in [-0.3, -0.25) is 9.78 Å². The summed E-state index contributed by atoms with van der Waals surface area (Å²) in [6.45, 7) is 7.57. The highest BCUT2D eigenvalue weighted by atomic mass is 16.1. The second kappa shape index (κ2) is 8.40. The summed E-state index contributed by atoms with van der Waals surface area (Å²) in [5.74, 6) is -0.147. The number of nitrogens with zero attached hydrogens (tertiary/aromatic N) is 2. The van der Waals surface area contributed by atoms with Crippen LogP contribution in [0.2, 0.25) is 0 Å². The van der Waals surface area contributed by atoms with Gasteiger partial charge in [-0.2, -0.15) is 0 Å². The van der Waals surface area contributed by atoms with E-state index in [0.717, 1.165) is 25.0 Å². The summed E-state index contributed by atoms with van der Waals surface area (Å²) in [4.78, 5) is 20.0. The first kappa shape index (κ1) is 15.3. The van der Waals surface area contributed by atoms with E-state index < -0.39 is 0 Å². The van der Waals surface area contributed by atoms with Crippen molar-refractivity contribution in [2.45, 2.75) is 52.0 Å². The van der Waals surface area contributed by atoms with E-state index in [1.54, 1.807) is 6.20 Å². The summed E-state index contributed by atoms with van der Waals surface area (Å²) in [7, 11) is 0. The van der Waals surface area contributed by atoms with Gasteiger partial charge in [0.05, 0.1) is 11.9 Å². The van der Waals surface area contributed by atoms with Crippen molar-refractivity contribution >= 4 is 5.91 Å². The first-order chi connectivity index (χ1) is 9.13. The van der Waals surface area contributed by atoms with Crippen LogP contribution in [0.15, 0.2) is 25.0 Å². The van der Waals surface area contributed by atoms with Crippen LogP contribution >= 0.6 is 0 Å². The number of allylic oxidation sites excluding steroid dienone is 1. The number of rotatable bonds is 8. The number of amides is 1. The molecule has 0 unspecified atom stereocenters. The molecule has 1 aromatic rings. The molecular weight excluding hydrogens is 238 g/mol. The number of carbonyl (C=O) groups is 1. The van der Waals surface area contributed by atoms with Gasteiger partial charge in [0.25, 0.3) is 5.91 Å². The quantitative estimate of drug-likeness (QED) is 0.578. The van der Waals surface area contributed by atoms with E-state index in [2.05, 4.69) is 21.9 Å². The van der Waals surface area contributed by atoms with E-state index in [1.165, 1.54) is 19.0 Å². The third-order valence-electron chi connectivity index (χ3n) is 2.94. The van der Waals surface area contributed by atoms with Crippen molar-refractivity contribution in [3.05, 3.63) is 36.4 Å². The molecule has 0 bridgehead atoms. The standard InChI is InChI=1S/C15H23N3O/c1-4-5-6-7-8-9-12(2)18-15(19)14-11-16-13(3)10-17-14/h4,10-12H,1,5-9H2,2-3H3,(H,18,19)/t12-/m0/s1. The van der Waals surface area contributed by atoms with Crippen LogP contribution in [0.1, 0.15) is 55.2 Å². The summed E-state index contributed by atoms with van der Waals surface area (Å²) in [5, 5.41) is 2.94. The summed E-state index contributed by atoms with van der Waals surface area (Å²) in [5.41, 5.74) is 1.19. The normalized spacial score (nSPS) is 11.9. The van der Waals surface area contributed by atoms with Gasteiger partial charge in [0.1, 0.15) is 5.69 Å². The van der Waals surface area contributed by atoms with Gasteiger partial charge in [-0.05, 0) is 33.1 Å². The molecule has 0 saturated carbocycles. The fraction of sp³-hybridized carbons (Fsp3) is 0.533. The van der Waals surface area contributed by atoms with E-state index in [4.69, 9.17) is 0 Å². The lowest BCUT2D eigenvalue weighted by Gasteiger charge is -2.13. The van der Waals surface area contributed by atoms with Gasteiger partial charge in [0.15, 0.2) is 0 Å². The van der Waals surface area contributed by atoms with Crippen LogP contribution in [0.4, 0.5) is 0 Å². The molecular formula is C15H23N3O. The molecule has 0 fully saturated rings. The number of carbonyl (C=O) groups excluding carboxylic acids is 1. The van der Waals surface area contributed by atoms with Gasteiger partial charge in [0, 0.05) is 12.2 Å². The molecule has 1 heterocycles. The molecule has 0 saturated heterocycles. The molecule has 4 heteroatoms. The molecule has 1 aromatic heterocycles. The smallest absolute Gasteiger partial charge is 0.271 e. The Hall–Kier alpha value is -1.71. The molecule has 1 rings (SSSR count). The summed E-state index contributed by atoms with van der Waals surface area (Å²) in [6.07, 6.45) is 10.6. The predicted molar refractivity (Wildman–Crippen MR) is 77.0 cm³/mol. The number of unbranched alkanes of at least 4 members (excludes halogenated alkanes) is 3. The largest absolute Gasteiger partial charge is 0.348 e. The maximum Gasteiger partial charge on any atom is 0.271 e. The molecule has 104 valence electrons. The van der Waals surface area contributed by atoms with Crippen LogP contribution in [-0.4, -0.2) is 21.9 Å². The zero-order valence-electron chi connectivity index (χ0n) is 11.9. The Bertz CT molecular complexity index is 400. The fourth-order valence-corrected chi connectivity index (χ4v) is 1.80. The Morgan fingerprint density at radius 2 is 2.16 bits per heavy atom. The zero-order valence-corrected chi connectivity index (χ0v) is 11.9. The van der Waals surface area contributed by atoms with E-state index in [-0.39, 0.29) is 11.9 Å². The van der Waals surface area contributed by atoms with E-state index in [9.17, 15) is 4.79 Å². The van der Waals surface area contributed by atoms with E-state index >= 15 is 0 Å². The maximum absolute atomic E-state index is 11.9. The van der Waals surface area contributed by atoms with Gasteiger partial charge in [-0.1, -0.05) is 18.9 Å². The highest BCUT2D eigenvalue weighted by Gasteiger charge is 2.10. The molecule has 1 atom stereocenters. The van der Waals surface area contributed by atoms with Gasteiger partial charge in [-0.15, -0.1) is 6.58 Å². The zero-order chi connectivity index (χ0) is 14.1. The van der Waals surface area contributed by atoms with Crippen molar-refractivity contribution < 1.29 is 4.79 Å². The van der Waals surface area contributed by atoms with Gasteiger partial charge in [0.2, 0.25) is 0 Å². The minimum Gasteiger partial charge on any atom is -0.348 e. The number of aromatic nitrogens is 2. The maximum atomic E-state index is 11.9. The Morgan fingerprint density at radius 3 is 2.79 bits per heavy atom. The second-order valence-electron chi connectivity index (χ2n) is 4.84. The molecule has 0 aliphatic carbocycles. The monoisotopic (exact) mass is 261 g/mol. The van der Waals surface area contributed by atoms with Gasteiger partial charge < -0.3 is 5.32 Å². The van der Waals surface area contributed by atoms with Crippen molar-refractivity contribution in [3.8, 4) is 0 Å². The molecule has 0 radical (unpaired) electrons. The number of nitrogens with one attached hydrogen (secondary N) is 1. The highest BCUT2D eigenvalue weighted by Crippen LogP contribution is 2.06. The third-order valence-corrected chi connectivity index (χ3v) is 2.94. The van der Waals surface area contributed by atoms with Gasteiger partial charge >= 0.3 is 0 Å². The van der Waals surface area contributed by atoms with E-state index in [1.807, 2.05) is 19.9 Å². The molecule has 0 aromatic carbocycles. The number of hydrogen-bond acceptors (Lipinski definition) is 3. The van der Waals surface area contributed by atoms with Crippen LogP contribution in [0.5, 0.6) is 0 Å². The Kier molecular flexibility index (Phi) is 6.79. The molecule has 1 N–H and O–H groups in total. The molecule has 19 heavy (non-hydrogen) atoms. The number of hydrogen-bond donors (Lipinski definition) is 1. The first-order valence-corrected chi connectivity index (χ1v) is 6.84. The lowest BCUT2D eigenvalue weighted by atomic mass is 10.1. The Labute approximate surface area is 115 Å². The summed E-state index contributed by atoms with van der Waals surface area (Å²) in [6, 6.07) is 0.166. The Morgan fingerprint density at radius 1 is 1.37 bits per heavy atom. The van der Waals surface area contributed by atoms with Crippen LogP contribution in [0, 0.1) is 6.92 Å². The lowest BCUT2D eigenvalue weighted by Crippen LogP contribution is -2.33. The summed E-state index contributed by atoms with van der Waals surface area (Å²) < 4.78 is 0. The van der Waals surface area contributed by atoms with Crippen molar-refractivity contribution in [2.24, 2.45) is 0 Å². The minimum absolute atomic E-state index is 0.147.